The highest BCUT2D eigenvalue weighted by atomic mass is 32.2. The molecule has 0 bridgehead atoms. The first-order valence-corrected chi connectivity index (χ1v) is 4.93. The number of anilines is 1. The van der Waals surface area contributed by atoms with E-state index in [1.807, 2.05) is 0 Å². The second-order valence-corrected chi connectivity index (χ2v) is 4.34. The van der Waals surface area contributed by atoms with Gasteiger partial charge in [0.05, 0.1) is 15.8 Å². The topological polar surface area (TPSA) is 29.1 Å². The second-order valence-electron chi connectivity index (χ2n) is 2.99. The van der Waals surface area contributed by atoms with Gasteiger partial charge >= 0.3 is 0 Å². The lowest BCUT2D eigenvalue weighted by Gasteiger charge is -2.21. The van der Waals surface area contributed by atoms with E-state index in [4.69, 9.17) is 0 Å². The van der Waals surface area contributed by atoms with Crippen LogP contribution in [-0.2, 0) is 4.79 Å². The Balaban J connectivity index is 2.52. The molecule has 14 heavy (non-hydrogen) atoms. The van der Waals surface area contributed by atoms with Crippen LogP contribution in [-0.4, -0.2) is 11.2 Å². The quantitative estimate of drug-likeness (QED) is 0.720. The number of hydrogen-bond acceptors (Lipinski definition) is 2. The third kappa shape index (κ3) is 1.37. The van der Waals surface area contributed by atoms with Crippen LogP contribution in [0.5, 0.6) is 0 Å². The lowest BCUT2D eigenvalue weighted by molar-refractivity contribution is -0.115. The Hall–Kier alpha value is -1.10. The molecule has 2 nitrogen and oxygen atoms in total. The van der Waals surface area contributed by atoms with Crippen molar-refractivity contribution >= 4 is 23.4 Å². The molecule has 1 heterocycles. The molecule has 1 aromatic rings. The van der Waals surface area contributed by atoms with Crippen LogP contribution in [0.1, 0.15) is 6.92 Å². The molecule has 1 amide bonds. The molecular weight excluding hydrogens is 208 g/mol. The maximum Gasteiger partial charge on any atom is 0.237 e. The molecule has 1 N–H and O–H groups in total. The van der Waals surface area contributed by atoms with Crippen LogP contribution in [0.3, 0.4) is 0 Å². The van der Waals surface area contributed by atoms with E-state index in [-0.39, 0.29) is 10.8 Å². The van der Waals surface area contributed by atoms with Crippen molar-refractivity contribution in [2.45, 2.75) is 17.1 Å². The lowest BCUT2D eigenvalue weighted by atomic mass is 10.2. The molecule has 0 aliphatic carbocycles. The van der Waals surface area contributed by atoms with E-state index in [2.05, 4.69) is 5.32 Å². The van der Waals surface area contributed by atoms with Crippen molar-refractivity contribution in [1.82, 2.24) is 0 Å². The van der Waals surface area contributed by atoms with Gasteiger partial charge in [0.25, 0.3) is 0 Å². The van der Waals surface area contributed by atoms with Crippen molar-refractivity contribution in [1.29, 1.82) is 0 Å². The van der Waals surface area contributed by atoms with E-state index in [9.17, 15) is 13.6 Å². The SMILES string of the molecule is CC1Sc2c(ccc(F)c2F)NC1=O. The summed E-state index contributed by atoms with van der Waals surface area (Å²) in [5.41, 5.74) is 0.344. The van der Waals surface area contributed by atoms with Crippen LogP contribution >= 0.6 is 11.8 Å². The molecule has 2 rings (SSSR count). The van der Waals surface area contributed by atoms with Gasteiger partial charge in [0, 0.05) is 0 Å². The van der Waals surface area contributed by atoms with Crippen LogP contribution in [0.4, 0.5) is 14.5 Å². The van der Waals surface area contributed by atoms with E-state index < -0.39 is 16.9 Å². The minimum absolute atomic E-state index is 0.178. The number of hydrogen-bond donors (Lipinski definition) is 1. The Morgan fingerprint density at radius 3 is 2.86 bits per heavy atom. The summed E-state index contributed by atoms with van der Waals surface area (Å²) >= 11 is 1.03. The third-order valence-corrected chi connectivity index (χ3v) is 3.17. The molecule has 74 valence electrons. The molecule has 0 aromatic heterocycles. The van der Waals surface area contributed by atoms with E-state index in [0.29, 0.717) is 5.69 Å². The second kappa shape index (κ2) is 3.24. The Labute approximate surface area is 83.7 Å². The van der Waals surface area contributed by atoms with Gasteiger partial charge < -0.3 is 5.32 Å². The van der Waals surface area contributed by atoms with E-state index in [1.165, 1.54) is 6.07 Å². The van der Waals surface area contributed by atoms with Crippen molar-refractivity contribution in [2.24, 2.45) is 0 Å². The number of halogens is 2. The van der Waals surface area contributed by atoms with Gasteiger partial charge in [0.15, 0.2) is 11.6 Å². The molecule has 1 atom stereocenters. The van der Waals surface area contributed by atoms with Crippen molar-refractivity contribution in [3.05, 3.63) is 23.8 Å². The van der Waals surface area contributed by atoms with Crippen molar-refractivity contribution in [3.8, 4) is 0 Å². The van der Waals surface area contributed by atoms with Crippen molar-refractivity contribution < 1.29 is 13.6 Å². The highest BCUT2D eigenvalue weighted by Gasteiger charge is 2.26. The summed E-state index contributed by atoms with van der Waals surface area (Å²) < 4.78 is 26.1. The zero-order valence-corrected chi connectivity index (χ0v) is 8.12. The van der Waals surface area contributed by atoms with Gasteiger partial charge in [-0.25, -0.2) is 8.78 Å². The van der Waals surface area contributed by atoms with Crippen LogP contribution < -0.4 is 5.32 Å². The molecule has 1 aromatic carbocycles. The number of thioether (sulfide) groups is 1. The average Bonchev–Trinajstić information content (AvgIpc) is 2.15. The number of benzene rings is 1. The van der Waals surface area contributed by atoms with Crippen molar-refractivity contribution in [2.75, 3.05) is 5.32 Å². The smallest absolute Gasteiger partial charge is 0.237 e. The van der Waals surface area contributed by atoms with Crippen LogP contribution in [0.15, 0.2) is 17.0 Å². The summed E-state index contributed by atoms with van der Waals surface area (Å²) in [5.74, 6) is -1.97. The predicted molar refractivity (Wildman–Crippen MR) is 50.3 cm³/mol. The van der Waals surface area contributed by atoms with Crippen LogP contribution in [0.2, 0.25) is 0 Å². The number of carbonyl (C=O) groups is 1. The number of amides is 1. The number of nitrogens with one attached hydrogen (secondary N) is 1. The molecule has 0 saturated carbocycles. The lowest BCUT2D eigenvalue weighted by Crippen LogP contribution is -2.27. The fourth-order valence-corrected chi connectivity index (χ4v) is 2.18. The van der Waals surface area contributed by atoms with Gasteiger partial charge in [-0.05, 0) is 19.1 Å². The molecule has 1 aliphatic heterocycles. The van der Waals surface area contributed by atoms with Gasteiger partial charge in [-0.2, -0.15) is 0 Å². The predicted octanol–water partition coefficient (Wildman–Crippen LogP) is 2.40. The minimum Gasteiger partial charge on any atom is -0.324 e. The first kappa shape index (κ1) is 9.45. The largest absolute Gasteiger partial charge is 0.324 e. The van der Waals surface area contributed by atoms with E-state index in [1.54, 1.807) is 6.92 Å². The molecule has 5 heteroatoms. The molecule has 0 radical (unpaired) electrons. The van der Waals surface area contributed by atoms with Gasteiger partial charge in [0.1, 0.15) is 0 Å². The normalized spacial score (nSPS) is 20.2. The molecule has 1 unspecified atom stereocenters. The van der Waals surface area contributed by atoms with Crippen LogP contribution in [0.25, 0.3) is 0 Å². The number of fused-ring (bicyclic) bond motifs is 1. The molecule has 0 saturated heterocycles. The van der Waals surface area contributed by atoms with E-state index >= 15 is 0 Å². The summed E-state index contributed by atoms with van der Waals surface area (Å²) in [6, 6.07) is 2.37. The fourth-order valence-electron chi connectivity index (χ4n) is 1.21. The number of rotatable bonds is 0. The van der Waals surface area contributed by atoms with Gasteiger partial charge in [-0.3, -0.25) is 4.79 Å². The molecule has 0 fully saturated rings. The Morgan fingerprint density at radius 1 is 1.43 bits per heavy atom. The highest BCUT2D eigenvalue weighted by molar-refractivity contribution is 8.01. The third-order valence-electron chi connectivity index (χ3n) is 1.97. The maximum atomic E-state index is 13.2. The molecule has 1 aliphatic rings. The average molecular weight is 215 g/mol. The van der Waals surface area contributed by atoms with E-state index in [0.717, 1.165) is 17.8 Å². The van der Waals surface area contributed by atoms with Gasteiger partial charge in [0.2, 0.25) is 5.91 Å². The van der Waals surface area contributed by atoms with Crippen molar-refractivity contribution in [3.63, 3.8) is 0 Å². The number of carbonyl (C=O) groups excluding carboxylic acids is 1. The zero-order valence-electron chi connectivity index (χ0n) is 7.30. The summed E-state index contributed by atoms with van der Waals surface area (Å²) in [6.07, 6.45) is 0. The van der Waals surface area contributed by atoms with Crippen LogP contribution in [0, 0.1) is 11.6 Å². The molecule has 0 spiro atoms. The summed E-state index contributed by atoms with van der Waals surface area (Å²) in [5, 5.41) is 2.12. The first-order chi connectivity index (χ1) is 6.59. The maximum absolute atomic E-state index is 13.2. The monoisotopic (exact) mass is 215 g/mol. The summed E-state index contributed by atoms with van der Waals surface area (Å²) in [6.45, 7) is 1.65. The Bertz CT molecular complexity index is 408. The van der Waals surface area contributed by atoms with Gasteiger partial charge in [-0.1, -0.05) is 0 Å². The summed E-state index contributed by atoms with van der Waals surface area (Å²) in [7, 11) is 0. The summed E-state index contributed by atoms with van der Waals surface area (Å²) in [4.78, 5) is 11.4. The highest BCUT2D eigenvalue weighted by Crippen LogP contribution is 2.38. The molecular formula is C9H7F2NOS. The first-order valence-electron chi connectivity index (χ1n) is 4.05. The standard InChI is InChI=1S/C9H7F2NOS/c1-4-9(13)12-6-3-2-5(10)7(11)8(6)14-4/h2-4H,1H3,(H,12,13). The Morgan fingerprint density at radius 2 is 2.14 bits per heavy atom. The fraction of sp³-hybridized carbons (Fsp3) is 0.222. The minimum atomic E-state index is -0.889. The van der Waals surface area contributed by atoms with Gasteiger partial charge in [-0.15, -0.1) is 11.8 Å². The Kier molecular flexibility index (Phi) is 2.19. The zero-order chi connectivity index (χ0) is 10.3.